The summed E-state index contributed by atoms with van der Waals surface area (Å²) in [4.78, 5) is 37.5. The largest absolute Gasteiger partial charge is 0.348 e. The summed E-state index contributed by atoms with van der Waals surface area (Å²) in [6.07, 6.45) is 5.55. The van der Waals surface area contributed by atoms with E-state index in [2.05, 4.69) is 32.4 Å². The molecule has 0 fully saturated rings. The Morgan fingerprint density at radius 2 is 2.04 bits per heavy atom. The number of aryl methyl sites for hydroxylation is 1. The van der Waals surface area contributed by atoms with E-state index in [0.717, 1.165) is 19.3 Å². The molecule has 1 aliphatic rings. The second-order valence-corrected chi connectivity index (χ2v) is 6.99. The average Bonchev–Trinajstić information content (AvgIpc) is 2.74. The highest BCUT2D eigenvalue weighted by Crippen LogP contribution is 2.26. The van der Waals surface area contributed by atoms with E-state index in [4.69, 9.17) is 0 Å². The Morgan fingerprint density at radius 3 is 2.82 bits per heavy atom. The predicted molar refractivity (Wildman–Crippen MR) is 106 cm³/mol. The van der Waals surface area contributed by atoms with E-state index in [1.54, 1.807) is 19.3 Å². The molecule has 0 saturated carbocycles. The van der Waals surface area contributed by atoms with Crippen LogP contribution in [0.2, 0.25) is 0 Å². The van der Waals surface area contributed by atoms with Gasteiger partial charge >= 0.3 is 0 Å². The second kappa shape index (κ2) is 7.72. The van der Waals surface area contributed by atoms with Crippen molar-refractivity contribution in [1.29, 1.82) is 0 Å². The summed E-state index contributed by atoms with van der Waals surface area (Å²) in [5, 5.41) is 3.04. The third kappa shape index (κ3) is 3.69. The molecule has 1 unspecified atom stereocenters. The summed E-state index contributed by atoms with van der Waals surface area (Å²) in [5.74, 6) is 0.478. The third-order valence-corrected chi connectivity index (χ3v) is 5.20. The van der Waals surface area contributed by atoms with Crippen molar-refractivity contribution in [2.45, 2.75) is 19.3 Å². The third-order valence-electron chi connectivity index (χ3n) is 5.20. The number of hydrogen-bond donors (Lipinski definition) is 1. The number of ketones is 1. The van der Waals surface area contributed by atoms with Crippen LogP contribution in [0.25, 0.3) is 11.4 Å². The number of carbonyl (C=O) groups is 1. The number of carbonyl (C=O) groups excluding carboxylic acids is 1. The van der Waals surface area contributed by atoms with E-state index in [1.807, 2.05) is 12.1 Å². The minimum absolute atomic E-state index is 0.00975. The van der Waals surface area contributed by atoms with Gasteiger partial charge in [-0.25, -0.2) is 15.0 Å². The number of nitrogens with zero attached hydrogens (tertiary/aromatic N) is 4. The zero-order valence-electron chi connectivity index (χ0n) is 15.6. The van der Waals surface area contributed by atoms with Gasteiger partial charge in [0.25, 0.3) is 5.56 Å². The Morgan fingerprint density at radius 1 is 1.21 bits per heavy atom. The summed E-state index contributed by atoms with van der Waals surface area (Å²) in [6.45, 7) is 0.139. The van der Waals surface area contributed by atoms with Gasteiger partial charge in [0.1, 0.15) is 6.33 Å². The summed E-state index contributed by atoms with van der Waals surface area (Å²) in [5.41, 5.74) is 3.38. The first kappa shape index (κ1) is 18.0. The van der Waals surface area contributed by atoms with Crippen LogP contribution in [0.4, 0.5) is 5.95 Å². The summed E-state index contributed by atoms with van der Waals surface area (Å²) in [6, 6.07) is 11.4. The van der Waals surface area contributed by atoms with E-state index in [-0.39, 0.29) is 23.8 Å². The summed E-state index contributed by atoms with van der Waals surface area (Å²) >= 11 is 0. The van der Waals surface area contributed by atoms with Gasteiger partial charge in [-0.2, -0.15) is 0 Å². The Kier molecular flexibility index (Phi) is 4.97. The van der Waals surface area contributed by atoms with Gasteiger partial charge in [0.15, 0.2) is 5.78 Å². The van der Waals surface area contributed by atoms with Gasteiger partial charge in [-0.1, -0.05) is 24.3 Å². The molecular formula is C21H21N5O2. The minimum Gasteiger partial charge on any atom is -0.348 e. The molecule has 142 valence electrons. The van der Waals surface area contributed by atoms with E-state index in [1.165, 1.54) is 28.1 Å². The molecule has 3 aromatic rings. The van der Waals surface area contributed by atoms with Crippen LogP contribution in [0.5, 0.6) is 0 Å². The number of hydrogen-bond acceptors (Lipinski definition) is 6. The minimum atomic E-state index is -0.217. The molecule has 7 heteroatoms. The number of aromatic nitrogens is 4. The van der Waals surface area contributed by atoms with E-state index in [0.29, 0.717) is 17.3 Å². The van der Waals surface area contributed by atoms with Crippen LogP contribution >= 0.6 is 0 Å². The molecule has 2 aromatic heterocycles. The first-order valence-electron chi connectivity index (χ1n) is 9.29. The smallest absolute Gasteiger partial charge is 0.255 e. The lowest BCUT2D eigenvalue weighted by molar-refractivity contribution is -0.121. The van der Waals surface area contributed by atoms with Crippen LogP contribution in [-0.4, -0.2) is 31.8 Å². The second-order valence-electron chi connectivity index (χ2n) is 6.99. The van der Waals surface area contributed by atoms with Gasteiger partial charge in [-0.15, -0.1) is 0 Å². The van der Waals surface area contributed by atoms with Crippen LogP contribution in [0.1, 0.15) is 17.5 Å². The highest BCUT2D eigenvalue weighted by molar-refractivity contribution is 5.85. The fourth-order valence-corrected chi connectivity index (χ4v) is 3.55. The molecule has 0 aliphatic heterocycles. The zero-order valence-corrected chi connectivity index (χ0v) is 15.6. The number of anilines is 1. The number of rotatable bonds is 5. The monoisotopic (exact) mass is 375 g/mol. The molecule has 7 nitrogen and oxygen atoms in total. The standard InChI is InChI=1S/C21H21N5O2/c1-26-20(28)11-18(17-8-9-22-13-24-17)25-21(26)23-12-19(27)16-7-6-14-4-2-3-5-15(14)10-16/h2-5,8-9,11,13,16H,6-7,10,12H2,1H3,(H,23,25). The summed E-state index contributed by atoms with van der Waals surface area (Å²) in [7, 11) is 1.63. The molecule has 0 radical (unpaired) electrons. The lowest BCUT2D eigenvalue weighted by atomic mass is 9.82. The maximum Gasteiger partial charge on any atom is 0.255 e. The van der Waals surface area contributed by atoms with Gasteiger partial charge in [0, 0.05) is 25.2 Å². The normalized spacial score (nSPS) is 15.7. The van der Waals surface area contributed by atoms with Crippen molar-refractivity contribution in [1.82, 2.24) is 19.5 Å². The molecule has 1 atom stereocenters. The fraction of sp³-hybridized carbons (Fsp3) is 0.286. The Bertz CT molecular complexity index is 1060. The Balaban J connectivity index is 1.48. The molecule has 0 amide bonds. The zero-order chi connectivity index (χ0) is 19.5. The maximum atomic E-state index is 12.7. The maximum absolute atomic E-state index is 12.7. The van der Waals surface area contributed by atoms with Crippen LogP contribution in [0.3, 0.4) is 0 Å². The van der Waals surface area contributed by atoms with E-state index < -0.39 is 0 Å². The lowest BCUT2D eigenvalue weighted by Gasteiger charge is -2.23. The van der Waals surface area contributed by atoms with Crippen molar-refractivity contribution in [3.8, 4) is 11.4 Å². The van der Waals surface area contributed by atoms with Crippen LogP contribution < -0.4 is 10.9 Å². The number of fused-ring (bicyclic) bond motifs is 1. The molecule has 1 aromatic carbocycles. The van der Waals surface area contributed by atoms with Crippen LogP contribution in [-0.2, 0) is 24.7 Å². The fourth-order valence-electron chi connectivity index (χ4n) is 3.55. The van der Waals surface area contributed by atoms with Gasteiger partial charge in [0.2, 0.25) is 5.95 Å². The van der Waals surface area contributed by atoms with Crippen molar-refractivity contribution in [3.05, 3.63) is 70.4 Å². The molecule has 0 saturated heterocycles. The molecule has 2 heterocycles. The molecule has 1 aliphatic carbocycles. The molecule has 4 rings (SSSR count). The van der Waals surface area contributed by atoms with Crippen molar-refractivity contribution in [2.75, 3.05) is 11.9 Å². The topological polar surface area (TPSA) is 89.8 Å². The number of nitrogens with one attached hydrogen (secondary N) is 1. The van der Waals surface area contributed by atoms with E-state index in [9.17, 15) is 9.59 Å². The quantitative estimate of drug-likeness (QED) is 0.734. The number of Topliss-reactive ketones (excluding diaryl/α,β-unsaturated/α-hetero) is 1. The molecule has 0 bridgehead atoms. The van der Waals surface area contributed by atoms with Gasteiger partial charge in [0.05, 0.1) is 17.9 Å². The highest BCUT2D eigenvalue weighted by atomic mass is 16.1. The van der Waals surface area contributed by atoms with Crippen LogP contribution in [0, 0.1) is 5.92 Å². The first-order chi connectivity index (χ1) is 13.6. The van der Waals surface area contributed by atoms with Gasteiger partial charge in [-0.05, 0) is 36.5 Å². The van der Waals surface area contributed by atoms with Crippen molar-refractivity contribution < 1.29 is 4.79 Å². The van der Waals surface area contributed by atoms with Crippen LogP contribution in [0.15, 0.2) is 53.7 Å². The Hall–Kier alpha value is -3.35. The molecule has 28 heavy (non-hydrogen) atoms. The summed E-state index contributed by atoms with van der Waals surface area (Å²) < 4.78 is 1.40. The molecular weight excluding hydrogens is 354 g/mol. The molecule has 1 N–H and O–H groups in total. The van der Waals surface area contributed by atoms with E-state index >= 15 is 0 Å². The molecule has 0 spiro atoms. The van der Waals surface area contributed by atoms with Crippen molar-refractivity contribution in [2.24, 2.45) is 13.0 Å². The van der Waals surface area contributed by atoms with Gasteiger partial charge < -0.3 is 5.32 Å². The SMILES string of the molecule is Cn1c(NCC(=O)C2CCc3ccccc3C2)nc(-c2ccncn2)cc1=O. The van der Waals surface area contributed by atoms with Crippen molar-refractivity contribution in [3.63, 3.8) is 0 Å². The van der Waals surface area contributed by atoms with Crippen molar-refractivity contribution >= 4 is 11.7 Å². The number of benzene rings is 1. The predicted octanol–water partition coefficient (Wildman–Crippen LogP) is 2.02. The van der Waals surface area contributed by atoms with Gasteiger partial charge in [-0.3, -0.25) is 14.2 Å². The first-order valence-corrected chi connectivity index (χ1v) is 9.29. The average molecular weight is 375 g/mol. The Labute approximate surface area is 162 Å². The highest BCUT2D eigenvalue weighted by Gasteiger charge is 2.24. The lowest BCUT2D eigenvalue weighted by Crippen LogP contribution is -2.30.